The SMILES string of the molecule is CC(C)C[C@H](NC(=O)C(Cc1ccccc1)NC(=O)c1cnccn1)B1OC(=O)[C@@H]2CSC[C@@H](C(=O)O1)N2C. The lowest BCUT2D eigenvalue weighted by Crippen LogP contribution is -2.63. The van der Waals surface area contributed by atoms with Crippen molar-refractivity contribution in [1.29, 1.82) is 0 Å². The largest absolute Gasteiger partial charge is 0.622 e. The Kier molecular flexibility index (Phi) is 9.57. The second-order valence-electron chi connectivity index (χ2n) is 10.0. The first-order valence-corrected chi connectivity index (χ1v) is 14.0. The summed E-state index contributed by atoms with van der Waals surface area (Å²) in [6, 6.07) is 7.09. The molecule has 2 aliphatic rings. The predicted octanol–water partition coefficient (Wildman–Crippen LogP) is 0.892. The van der Waals surface area contributed by atoms with E-state index in [4.69, 9.17) is 9.31 Å². The number of hydrogen-bond acceptors (Lipinski definition) is 10. The summed E-state index contributed by atoms with van der Waals surface area (Å²) >= 11 is 1.50. The van der Waals surface area contributed by atoms with E-state index in [2.05, 4.69) is 20.6 Å². The first kappa shape index (κ1) is 28.6. The first-order chi connectivity index (χ1) is 18.7. The molecule has 1 unspecified atom stereocenters. The maximum absolute atomic E-state index is 13.7. The van der Waals surface area contributed by atoms with Crippen molar-refractivity contribution in [3.63, 3.8) is 0 Å². The highest BCUT2D eigenvalue weighted by Crippen LogP contribution is 2.26. The summed E-state index contributed by atoms with van der Waals surface area (Å²) in [5.74, 6) is -1.84. The van der Waals surface area contributed by atoms with Crippen molar-refractivity contribution >= 4 is 42.6 Å². The molecule has 2 saturated heterocycles. The minimum atomic E-state index is -1.30. The number of hydrogen-bond donors (Lipinski definition) is 2. The van der Waals surface area contributed by atoms with Crippen molar-refractivity contribution < 1.29 is 28.5 Å². The molecular weight excluding hydrogens is 521 g/mol. The summed E-state index contributed by atoms with van der Waals surface area (Å²) in [6.07, 6.45) is 4.72. The molecule has 2 amide bonds. The molecule has 2 bridgehead atoms. The van der Waals surface area contributed by atoms with Crippen molar-refractivity contribution in [3.8, 4) is 0 Å². The predicted molar refractivity (Wildman–Crippen MR) is 145 cm³/mol. The highest BCUT2D eigenvalue weighted by atomic mass is 32.2. The zero-order chi connectivity index (χ0) is 27.9. The van der Waals surface area contributed by atoms with Crippen molar-refractivity contribution in [2.24, 2.45) is 5.92 Å². The van der Waals surface area contributed by atoms with Gasteiger partial charge in [0.1, 0.15) is 23.8 Å². The number of carbonyl (C=O) groups excluding carboxylic acids is 4. The van der Waals surface area contributed by atoms with Gasteiger partial charge >= 0.3 is 19.1 Å². The Labute approximate surface area is 232 Å². The molecule has 13 heteroatoms. The number of rotatable bonds is 9. The maximum atomic E-state index is 13.7. The Morgan fingerprint density at radius 2 is 1.74 bits per heavy atom. The first-order valence-electron chi connectivity index (χ1n) is 12.8. The summed E-state index contributed by atoms with van der Waals surface area (Å²) in [5.41, 5.74) is 0.896. The van der Waals surface area contributed by atoms with Gasteiger partial charge in [-0.3, -0.25) is 29.1 Å². The fraction of sp³-hybridized carbons (Fsp3) is 0.462. The molecule has 2 fully saturated rings. The van der Waals surface area contributed by atoms with Crippen LogP contribution < -0.4 is 10.6 Å². The van der Waals surface area contributed by atoms with Crippen LogP contribution in [-0.2, 0) is 30.1 Å². The van der Waals surface area contributed by atoms with Gasteiger partial charge < -0.3 is 19.9 Å². The third-order valence-corrected chi connectivity index (χ3v) is 7.73. The molecule has 2 N–H and O–H groups in total. The minimum Gasteiger partial charge on any atom is -0.497 e. The number of nitrogens with zero attached hydrogens (tertiary/aromatic N) is 3. The van der Waals surface area contributed by atoms with E-state index in [1.807, 2.05) is 44.2 Å². The van der Waals surface area contributed by atoms with Gasteiger partial charge in [0.25, 0.3) is 5.91 Å². The average molecular weight is 553 g/mol. The van der Waals surface area contributed by atoms with Crippen molar-refractivity contribution in [2.75, 3.05) is 18.6 Å². The Morgan fingerprint density at radius 3 is 2.33 bits per heavy atom. The molecule has 0 saturated carbocycles. The van der Waals surface area contributed by atoms with E-state index in [0.717, 1.165) is 5.56 Å². The summed E-state index contributed by atoms with van der Waals surface area (Å²) in [7, 11) is 0.408. The van der Waals surface area contributed by atoms with Crippen LogP contribution in [0.1, 0.15) is 36.3 Å². The summed E-state index contributed by atoms with van der Waals surface area (Å²) in [4.78, 5) is 62.2. The Balaban J connectivity index is 1.56. The lowest BCUT2D eigenvalue weighted by molar-refractivity contribution is -0.153. The number of carbonyl (C=O) groups is 4. The third kappa shape index (κ3) is 7.36. The van der Waals surface area contributed by atoms with Crippen LogP contribution in [0, 0.1) is 5.92 Å². The molecule has 3 heterocycles. The number of amides is 2. The maximum Gasteiger partial charge on any atom is 0.622 e. The van der Waals surface area contributed by atoms with Crippen LogP contribution in [0.15, 0.2) is 48.9 Å². The molecule has 39 heavy (non-hydrogen) atoms. The standard InChI is InChI=1S/C26H32BN5O6S/c1-16(2)11-22(27-37-25(35)20-14-39-15-21(32(20)3)26(36)38-27)31-23(33)18(12-17-7-5-4-6-8-17)30-24(34)19-13-28-9-10-29-19/h4-10,13,16,18,20-22H,11-12,14-15H2,1-3H3,(H,30,34)(H,31,33)/t18?,20-,21-,22-/m0/s1. The van der Waals surface area contributed by atoms with Crippen molar-refractivity contribution in [1.82, 2.24) is 25.5 Å². The lowest BCUT2D eigenvalue weighted by atomic mass is 9.73. The average Bonchev–Trinajstić information content (AvgIpc) is 2.92. The number of benzene rings is 1. The van der Waals surface area contributed by atoms with E-state index in [0.29, 0.717) is 17.9 Å². The summed E-state index contributed by atoms with van der Waals surface area (Å²) in [5, 5.41) is 5.64. The Hall–Kier alpha value is -3.45. The van der Waals surface area contributed by atoms with Crippen LogP contribution in [-0.4, -0.2) is 88.4 Å². The van der Waals surface area contributed by atoms with Gasteiger partial charge in [-0.25, -0.2) is 4.98 Å². The second-order valence-corrected chi connectivity index (χ2v) is 11.1. The summed E-state index contributed by atoms with van der Waals surface area (Å²) < 4.78 is 11.3. The Morgan fingerprint density at radius 1 is 1.08 bits per heavy atom. The molecule has 0 spiro atoms. The van der Waals surface area contributed by atoms with E-state index in [9.17, 15) is 19.2 Å². The number of nitrogens with one attached hydrogen (secondary N) is 2. The van der Waals surface area contributed by atoms with Crippen LogP contribution in [0.2, 0.25) is 0 Å². The number of thioether (sulfide) groups is 1. The fourth-order valence-electron chi connectivity index (χ4n) is 4.52. The molecule has 11 nitrogen and oxygen atoms in total. The van der Waals surface area contributed by atoms with Gasteiger partial charge in [0.05, 0.1) is 12.1 Å². The van der Waals surface area contributed by atoms with Gasteiger partial charge in [-0.05, 0) is 24.9 Å². The van der Waals surface area contributed by atoms with Gasteiger partial charge in [-0.2, -0.15) is 11.8 Å². The normalized spacial score (nSPS) is 21.2. The number of likely N-dealkylation sites (N-methyl/N-ethyl adjacent to an activating group) is 1. The van der Waals surface area contributed by atoms with Gasteiger partial charge in [-0.15, -0.1) is 0 Å². The molecule has 4 rings (SSSR count). The van der Waals surface area contributed by atoms with E-state index < -0.39 is 54.9 Å². The van der Waals surface area contributed by atoms with E-state index in [-0.39, 0.29) is 18.0 Å². The summed E-state index contributed by atoms with van der Waals surface area (Å²) in [6.45, 7) is 3.89. The van der Waals surface area contributed by atoms with Gasteiger partial charge in [-0.1, -0.05) is 44.2 Å². The van der Waals surface area contributed by atoms with Crippen LogP contribution in [0.4, 0.5) is 0 Å². The van der Waals surface area contributed by atoms with Crippen molar-refractivity contribution in [2.45, 2.75) is 50.8 Å². The smallest absolute Gasteiger partial charge is 0.497 e. The third-order valence-electron chi connectivity index (χ3n) is 6.63. The number of aromatic nitrogens is 2. The van der Waals surface area contributed by atoms with E-state index in [1.54, 1.807) is 11.9 Å². The zero-order valence-electron chi connectivity index (χ0n) is 22.1. The molecule has 0 aliphatic carbocycles. The van der Waals surface area contributed by atoms with Crippen LogP contribution in [0.5, 0.6) is 0 Å². The van der Waals surface area contributed by atoms with Crippen LogP contribution >= 0.6 is 11.8 Å². The van der Waals surface area contributed by atoms with Gasteiger partial charge in [0.15, 0.2) is 0 Å². The molecule has 206 valence electrons. The lowest BCUT2D eigenvalue weighted by Gasteiger charge is -2.40. The highest BCUT2D eigenvalue weighted by molar-refractivity contribution is 7.99. The van der Waals surface area contributed by atoms with Gasteiger partial charge in [0.2, 0.25) is 5.91 Å². The molecule has 2 aromatic rings. The van der Waals surface area contributed by atoms with Crippen LogP contribution in [0.3, 0.4) is 0 Å². The molecular formula is C26H32BN5O6S. The molecule has 1 aromatic heterocycles. The highest BCUT2D eigenvalue weighted by Gasteiger charge is 2.48. The van der Waals surface area contributed by atoms with E-state index >= 15 is 0 Å². The van der Waals surface area contributed by atoms with E-state index in [1.165, 1.54) is 30.4 Å². The monoisotopic (exact) mass is 553 g/mol. The van der Waals surface area contributed by atoms with Crippen LogP contribution in [0.25, 0.3) is 0 Å². The fourth-order valence-corrected chi connectivity index (χ4v) is 5.85. The Bertz CT molecular complexity index is 1150. The zero-order valence-corrected chi connectivity index (χ0v) is 22.9. The quantitative estimate of drug-likeness (QED) is 0.431. The van der Waals surface area contributed by atoms with Gasteiger partial charge in [0, 0.05) is 30.3 Å². The van der Waals surface area contributed by atoms with Crippen molar-refractivity contribution in [3.05, 3.63) is 60.2 Å². The molecule has 2 aliphatic heterocycles. The topological polar surface area (TPSA) is 140 Å². The molecule has 0 radical (unpaired) electrons. The molecule has 1 aromatic carbocycles. The second kappa shape index (κ2) is 13.1. The minimum absolute atomic E-state index is 0.0673. The molecule has 4 atom stereocenters. The number of fused-ring (bicyclic) bond motifs is 2.